The average molecular weight is 535 g/mol. The van der Waals surface area contributed by atoms with Gasteiger partial charge < -0.3 is 24.8 Å². The SMILES string of the molecule is C#CCCCCCC1C(C(C)(C)c2cccc3c2Cc2ccccc2-3)=Cc2ccccc21.[Cl-].[Cl-].[Ti+2]. The first kappa shape index (κ1) is 29.5. The van der Waals surface area contributed by atoms with Gasteiger partial charge in [-0.25, -0.2) is 0 Å². The van der Waals surface area contributed by atoms with Crippen molar-refractivity contribution in [3.8, 4) is 23.5 Å². The summed E-state index contributed by atoms with van der Waals surface area (Å²) in [6.45, 7) is 4.88. The van der Waals surface area contributed by atoms with Crippen LogP contribution in [-0.2, 0) is 33.6 Å². The van der Waals surface area contributed by atoms with Crippen LogP contribution in [0.25, 0.3) is 17.2 Å². The Bertz CT molecular complexity index is 1230. The quantitative estimate of drug-likeness (QED) is 0.194. The third-order valence-electron chi connectivity index (χ3n) is 7.62. The van der Waals surface area contributed by atoms with Crippen molar-refractivity contribution in [2.24, 2.45) is 0 Å². The molecule has 0 fully saturated rings. The Balaban J connectivity index is 0.00000144. The number of unbranched alkanes of at least 4 members (excludes halogenated alkanes) is 3. The van der Waals surface area contributed by atoms with E-state index in [-0.39, 0.29) is 51.9 Å². The van der Waals surface area contributed by atoms with Gasteiger partial charge in [-0.15, -0.1) is 12.3 Å². The minimum absolute atomic E-state index is 0. The molecule has 3 heteroatoms. The summed E-state index contributed by atoms with van der Waals surface area (Å²) in [5.74, 6) is 3.28. The van der Waals surface area contributed by atoms with Crippen molar-refractivity contribution in [3.63, 3.8) is 0 Å². The van der Waals surface area contributed by atoms with Crippen LogP contribution in [0.1, 0.15) is 79.7 Å². The normalized spacial score (nSPS) is 14.8. The van der Waals surface area contributed by atoms with Gasteiger partial charge in [0.1, 0.15) is 0 Å². The molecule has 0 heterocycles. The minimum Gasteiger partial charge on any atom is -1.00 e. The molecule has 0 saturated heterocycles. The molecule has 35 heavy (non-hydrogen) atoms. The first-order chi connectivity index (χ1) is 15.6. The molecule has 0 bridgehead atoms. The van der Waals surface area contributed by atoms with E-state index in [0.717, 1.165) is 19.3 Å². The van der Waals surface area contributed by atoms with Crippen LogP contribution in [0.2, 0.25) is 0 Å². The van der Waals surface area contributed by atoms with Crippen molar-refractivity contribution in [2.75, 3.05) is 0 Å². The van der Waals surface area contributed by atoms with Crippen molar-refractivity contribution in [3.05, 3.63) is 100 Å². The third-order valence-corrected chi connectivity index (χ3v) is 7.62. The zero-order valence-electron chi connectivity index (χ0n) is 20.6. The van der Waals surface area contributed by atoms with Crippen molar-refractivity contribution < 1.29 is 46.5 Å². The molecule has 1 atom stereocenters. The summed E-state index contributed by atoms with van der Waals surface area (Å²) < 4.78 is 0. The maximum atomic E-state index is 5.46. The molecule has 2 aliphatic carbocycles. The summed E-state index contributed by atoms with van der Waals surface area (Å²) in [5, 5.41) is 0. The Morgan fingerprint density at radius 2 is 1.57 bits per heavy atom. The summed E-state index contributed by atoms with van der Waals surface area (Å²) in [6, 6.07) is 24.8. The molecule has 0 nitrogen and oxygen atoms in total. The van der Waals surface area contributed by atoms with E-state index in [1.54, 1.807) is 5.57 Å². The van der Waals surface area contributed by atoms with Crippen LogP contribution >= 0.6 is 0 Å². The van der Waals surface area contributed by atoms with Gasteiger partial charge in [0, 0.05) is 17.8 Å². The second kappa shape index (κ2) is 12.5. The van der Waals surface area contributed by atoms with Crippen LogP contribution in [0, 0.1) is 12.3 Å². The molecule has 0 aliphatic heterocycles. The van der Waals surface area contributed by atoms with Gasteiger partial charge in [-0.2, -0.15) is 0 Å². The molecule has 2 aliphatic rings. The standard InChI is InChI=1S/C32H32.2ClH.Ti/c1-4-5-6-7-8-18-28-26-17-12-10-15-24(26)22-31(28)32(2,3)30-20-13-19-27-25-16-11-9-14-23(25)21-29(27)30;;;/h1,9-17,19-20,22,28H,5-8,18,21H2,2-3H3;2*1H;/q;;;+2/p-2. The Morgan fingerprint density at radius 1 is 0.857 bits per heavy atom. The monoisotopic (exact) mass is 534 g/mol. The Kier molecular flexibility index (Phi) is 10.5. The number of hydrogen-bond acceptors (Lipinski definition) is 0. The summed E-state index contributed by atoms with van der Waals surface area (Å²) in [5.41, 5.74) is 11.8. The van der Waals surface area contributed by atoms with Crippen molar-refractivity contribution in [2.45, 2.75) is 63.7 Å². The van der Waals surface area contributed by atoms with Gasteiger partial charge in [-0.05, 0) is 58.2 Å². The van der Waals surface area contributed by atoms with E-state index in [1.165, 1.54) is 58.2 Å². The second-order valence-corrected chi connectivity index (χ2v) is 9.88. The fraction of sp³-hybridized carbons (Fsp3) is 0.312. The van der Waals surface area contributed by atoms with E-state index in [2.05, 4.69) is 92.6 Å². The Morgan fingerprint density at radius 3 is 2.37 bits per heavy atom. The van der Waals surface area contributed by atoms with E-state index in [9.17, 15) is 0 Å². The van der Waals surface area contributed by atoms with Crippen LogP contribution in [0.5, 0.6) is 0 Å². The van der Waals surface area contributed by atoms with Gasteiger partial charge in [0.05, 0.1) is 0 Å². The van der Waals surface area contributed by atoms with Crippen molar-refractivity contribution >= 4 is 6.08 Å². The number of terminal acetylenes is 1. The fourth-order valence-corrected chi connectivity index (χ4v) is 5.97. The molecule has 0 aromatic heterocycles. The Labute approximate surface area is 238 Å². The third kappa shape index (κ3) is 5.50. The molecule has 178 valence electrons. The van der Waals surface area contributed by atoms with Gasteiger partial charge in [0.25, 0.3) is 0 Å². The number of rotatable bonds is 7. The molecule has 0 saturated carbocycles. The van der Waals surface area contributed by atoms with Crippen LogP contribution in [0.4, 0.5) is 0 Å². The first-order valence-electron chi connectivity index (χ1n) is 12.1. The topological polar surface area (TPSA) is 0 Å². The van der Waals surface area contributed by atoms with Crippen LogP contribution < -0.4 is 24.8 Å². The largest absolute Gasteiger partial charge is 2.00 e. The van der Waals surface area contributed by atoms with Crippen molar-refractivity contribution in [1.82, 2.24) is 0 Å². The van der Waals surface area contributed by atoms with Crippen LogP contribution in [0.3, 0.4) is 0 Å². The summed E-state index contributed by atoms with van der Waals surface area (Å²) in [7, 11) is 0. The predicted octanol–water partition coefficient (Wildman–Crippen LogP) is 2.31. The van der Waals surface area contributed by atoms with E-state index in [4.69, 9.17) is 6.42 Å². The maximum Gasteiger partial charge on any atom is 2.00 e. The van der Waals surface area contributed by atoms with E-state index >= 15 is 0 Å². The number of allylic oxidation sites excluding steroid dienone is 1. The van der Waals surface area contributed by atoms with Gasteiger partial charge in [0.15, 0.2) is 0 Å². The smallest absolute Gasteiger partial charge is 1.00 e. The molecule has 1 unspecified atom stereocenters. The Hall–Kier alpha value is -1.75. The zero-order chi connectivity index (χ0) is 22.1. The summed E-state index contributed by atoms with van der Waals surface area (Å²) >= 11 is 0. The van der Waals surface area contributed by atoms with Gasteiger partial charge >= 0.3 is 21.7 Å². The number of benzene rings is 3. The molecule has 3 aromatic carbocycles. The fourth-order valence-electron chi connectivity index (χ4n) is 5.97. The number of fused-ring (bicyclic) bond motifs is 4. The van der Waals surface area contributed by atoms with Crippen LogP contribution in [-0.4, -0.2) is 0 Å². The van der Waals surface area contributed by atoms with E-state index < -0.39 is 0 Å². The second-order valence-electron chi connectivity index (χ2n) is 9.88. The summed E-state index contributed by atoms with van der Waals surface area (Å²) in [4.78, 5) is 0. The van der Waals surface area contributed by atoms with Gasteiger partial charge in [0.2, 0.25) is 0 Å². The predicted molar refractivity (Wildman–Crippen MR) is 137 cm³/mol. The zero-order valence-corrected chi connectivity index (χ0v) is 23.7. The first-order valence-corrected chi connectivity index (χ1v) is 12.1. The molecule has 0 radical (unpaired) electrons. The molecular weight excluding hydrogens is 503 g/mol. The molecular formula is C32H32Cl2Ti. The average Bonchev–Trinajstić information content (AvgIpc) is 3.38. The maximum absolute atomic E-state index is 5.46. The molecule has 0 N–H and O–H groups in total. The summed E-state index contributed by atoms with van der Waals surface area (Å²) in [6.07, 6.45) is 14.7. The van der Waals surface area contributed by atoms with Crippen molar-refractivity contribution in [1.29, 1.82) is 0 Å². The molecule has 5 rings (SSSR count). The van der Waals surface area contributed by atoms with Gasteiger partial charge in [-0.1, -0.05) is 105 Å². The number of hydrogen-bond donors (Lipinski definition) is 0. The number of halogens is 2. The van der Waals surface area contributed by atoms with E-state index in [0.29, 0.717) is 5.92 Å². The minimum atomic E-state index is -0.0180. The van der Waals surface area contributed by atoms with Gasteiger partial charge in [-0.3, -0.25) is 0 Å². The van der Waals surface area contributed by atoms with Crippen LogP contribution in [0.15, 0.2) is 72.3 Å². The van der Waals surface area contributed by atoms with E-state index in [1.807, 2.05) is 0 Å². The molecule has 0 spiro atoms. The molecule has 3 aromatic rings. The molecule has 0 amide bonds.